The van der Waals surface area contributed by atoms with Gasteiger partial charge < -0.3 is 0 Å². The van der Waals surface area contributed by atoms with E-state index in [1.165, 1.54) is 0 Å². The minimum absolute atomic E-state index is 0.182. The zero-order valence-corrected chi connectivity index (χ0v) is 9.84. The summed E-state index contributed by atoms with van der Waals surface area (Å²) in [6, 6.07) is 0. The highest BCUT2D eigenvalue weighted by molar-refractivity contribution is 8.01. The standard InChI is InChI=1S/C10H20OS/c1-9(2,3)8(11)7-12-10(4,5)6/h7H2,1-6H3. The smallest absolute Gasteiger partial charge is 0.148 e. The fraction of sp³-hybridized carbons (Fsp3) is 0.900. The highest BCUT2D eigenvalue weighted by Gasteiger charge is 2.23. The summed E-state index contributed by atoms with van der Waals surface area (Å²) in [4.78, 5) is 11.5. The molecule has 0 aliphatic carbocycles. The molecular formula is C10H20OS. The van der Waals surface area contributed by atoms with Gasteiger partial charge in [-0.25, -0.2) is 0 Å². The monoisotopic (exact) mass is 188 g/mol. The van der Waals surface area contributed by atoms with E-state index in [4.69, 9.17) is 0 Å². The van der Waals surface area contributed by atoms with Gasteiger partial charge in [0.1, 0.15) is 5.78 Å². The second-order valence-corrected chi connectivity index (χ2v) is 6.88. The van der Waals surface area contributed by atoms with Crippen LogP contribution in [0.2, 0.25) is 0 Å². The molecule has 12 heavy (non-hydrogen) atoms. The second kappa shape index (κ2) is 3.82. The van der Waals surface area contributed by atoms with Crippen LogP contribution in [-0.2, 0) is 4.79 Å². The van der Waals surface area contributed by atoms with Crippen LogP contribution in [0.25, 0.3) is 0 Å². The number of carbonyl (C=O) groups is 1. The third-order valence-electron chi connectivity index (χ3n) is 1.47. The predicted octanol–water partition coefficient (Wildman–Crippen LogP) is 3.13. The van der Waals surface area contributed by atoms with Crippen LogP contribution in [0, 0.1) is 5.41 Å². The number of ketones is 1. The maximum Gasteiger partial charge on any atom is 0.148 e. The molecule has 0 spiro atoms. The Labute approximate surface area is 80.3 Å². The Bertz CT molecular complexity index is 160. The largest absolute Gasteiger partial charge is 0.298 e. The minimum Gasteiger partial charge on any atom is -0.298 e. The Hall–Kier alpha value is 0.0200. The van der Waals surface area contributed by atoms with Crippen LogP contribution in [0.4, 0.5) is 0 Å². The van der Waals surface area contributed by atoms with Crippen LogP contribution in [-0.4, -0.2) is 16.3 Å². The van der Waals surface area contributed by atoms with Gasteiger partial charge in [0, 0.05) is 10.2 Å². The molecule has 0 saturated heterocycles. The van der Waals surface area contributed by atoms with E-state index < -0.39 is 0 Å². The van der Waals surface area contributed by atoms with Crippen molar-refractivity contribution in [1.29, 1.82) is 0 Å². The van der Waals surface area contributed by atoms with Crippen molar-refractivity contribution >= 4 is 17.5 Å². The Morgan fingerprint density at radius 3 is 1.75 bits per heavy atom. The van der Waals surface area contributed by atoms with Crippen molar-refractivity contribution in [2.24, 2.45) is 5.41 Å². The van der Waals surface area contributed by atoms with Crippen molar-refractivity contribution in [1.82, 2.24) is 0 Å². The van der Waals surface area contributed by atoms with Crippen LogP contribution < -0.4 is 0 Å². The van der Waals surface area contributed by atoms with Gasteiger partial charge in [-0.05, 0) is 0 Å². The number of hydrogen-bond donors (Lipinski definition) is 0. The Kier molecular flexibility index (Phi) is 3.83. The lowest BCUT2D eigenvalue weighted by molar-refractivity contribution is -0.123. The summed E-state index contributed by atoms with van der Waals surface area (Å²) < 4.78 is 0.195. The van der Waals surface area contributed by atoms with Crippen LogP contribution in [0.3, 0.4) is 0 Å². The van der Waals surface area contributed by atoms with Crippen molar-refractivity contribution in [3.63, 3.8) is 0 Å². The zero-order chi connectivity index (χ0) is 9.99. The second-order valence-electron chi connectivity index (χ2n) is 5.07. The van der Waals surface area contributed by atoms with E-state index in [0.29, 0.717) is 11.5 Å². The summed E-state index contributed by atoms with van der Waals surface area (Å²) in [5, 5.41) is 0. The number of hydrogen-bond acceptors (Lipinski definition) is 2. The van der Waals surface area contributed by atoms with Gasteiger partial charge in [0.15, 0.2) is 0 Å². The average Bonchev–Trinajstić information content (AvgIpc) is 1.78. The summed E-state index contributed by atoms with van der Waals surface area (Å²) in [5.74, 6) is 0.968. The lowest BCUT2D eigenvalue weighted by atomic mass is 9.92. The van der Waals surface area contributed by atoms with Gasteiger partial charge >= 0.3 is 0 Å². The van der Waals surface area contributed by atoms with E-state index in [2.05, 4.69) is 20.8 Å². The van der Waals surface area contributed by atoms with Gasteiger partial charge in [0.25, 0.3) is 0 Å². The molecule has 0 aromatic carbocycles. The average molecular weight is 188 g/mol. The fourth-order valence-electron chi connectivity index (χ4n) is 0.499. The normalized spacial score (nSPS) is 13.2. The molecule has 0 aliphatic rings. The zero-order valence-electron chi connectivity index (χ0n) is 9.02. The van der Waals surface area contributed by atoms with Gasteiger partial charge in [-0.1, -0.05) is 41.5 Å². The summed E-state index contributed by atoms with van der Waals surface area (Å²) in [6.45, 7) is 12.3. The molecule has 0 bridgehead atoms. The highest BCUT2D eigenvalue weighted by atomic mass is 32.2. The van der Waals surface area contributed by atoms with Gasteiger partial charge in [-0.2, -0.15) is 0 Å². The molecule has 0 heterocycles. The lowest BCUT2D eigenvalue weighted by Gasteiger charge is -2.21. The van der Waals surface area contributed by atoms with Gasteiger partial charge in [-0.15, -0.1) is 11.8 Å². The van der Waals surface area contributed by atoms with E-state index in [9.17, 15) is 4.79 Å². The van der Waals surface area contributed by atoms with Crippen LogP contribution in [0.5, 0.6) is 0 Å². The summed E-state index contributed by atoms with van der Waals surface area (Å²) in [5.41, 5.74) is -0.182. The van der Waals surface area contributed by atoms with E-state index in [1.807, 2.05) is 20.8 Å². The van der Waals surface area contributed by atoms with Crippen molar-refractivity contribution in [2.75, 3.05) is 5.75 Å². The van der Waals surface area contributed by atoms with Crippen molar-refractivity contribution in [2.45, 2.75) is 46.3 Å². The quantitative estimate of drug-likeness (QED) is 0.662. The van der Waals surface area contributed by atoms with Gasteiger partial charge in [0.05, 0.1) is 5.75 Å². The molecule has 1 nitrogen and oxygen atoms in total. The highest BCUT2D eigenvalue weighted by Crippen LogP contribution is 2.26. The molecule has 2 heteroatoms. The molecule has 72 valence electrons. The number of rotatable bonds is 2. The van der Waals surface area contributed by atoms with Crippen molar-refractivity contribution < 1.29 is 4.79 Å². The van der Waals surface area contributed by atoms with Gasteiger partial charge in [-0.3, -0.25) is 4.79 Å². The molecule has 0 aliphatic heterocycles. The first-order valence-electron chi connectivity index (χ1n) is 4.30. The summed E-state index contributed by atoms with van der Waals surface area (Å²) in [6.07, 6.45) is 0. The SMILES string of the molecule is CC(C)(C)SCC(=O)C(C)(C)C. The maximum absolute atomic E-state index is 11.5. The van der Waals surface area contributed by atoms with Crippen LogP contribution in [0.15, 0.2) is 0 Å². The molecule has 0 aromatic rings. The van der Waals surface area contributed by atoms with E-state index in [1.54, 1.807) is 11.8 Å². The molecule has 0 rings (SSSR count). The molecular weight excluding hydrogens is 168 g/mol. The fourth-order valence-corrected chi connectivity index (χ4v) is 1.50. The molecule has 0 radical (unpaired) electrons. The molecule has 0 amide bonds. The first kappa shape index (κ1) is 12.0. The summed E-state index contributed by atoms with van der Waals surface area (Å²) >= 11 is 1.72. The van der Waals surface area contributed by atoms with E-state index >= 15 is 0 Å². The molecule has 0 fully saturated rings. The maximum atomic E-state index is 11.5. The Morgan fingerprint density at radius 2 is 1.50 bits per heavy atom. The Morgan fingerprint density at radius 1 is 1.08 bits per heavy atom. The van der Waals surface area contributed by atoms with Crippen molar-refractivity contribution in [3.8, 4) is 0 Å². The number of carbonyl (C=O) groups excluding carboxylic acids is 1. The molecule has 0 saturated carbocycles. The topological polar surface area (TPSA) is 17.1 Å². The third-order valence-corrected chi connectivity index (χ3v) is 2.75. The van der Waals surface area contributed by atoms with Crippen LogP contribution >= 0.6 is 11.8 Å². The molecule has 0 aromatic heterocycles. The van der Waals surface area contributed by atoms with Crippen molar-refractivity contribution in [3.05, 3.63) is 0 Å². The minimum atomic E-state index is -0.182. The third kappa shape index (κ3) is 5.64. The van der Waals surface area contributed by atoms with Gasteiger partial charge in [0.2, 0.25) is 0 Å². The summed E-state index contributed by atoms with van der Waals surface area (Å²) in [7, 11) is 0. The van der Waals surface area contributed by atoms with E-state index in [0.717, 1.165) is 0 Å². The lowest BCUT2D eigenvalue weighted by Crippen LogP contribution is -2.24. The molecule has 0 N–H and O–H groups in total. The molecule has 0 atom stereocenters. The predicted molar refractivity (Wildman–Crippen MR) is 56.7 cm³/mol. The first-order chi connectivity index (χ1) is 5.13. The Balaban J connectivity index is 3.90. The number of Topliss-reactive ketones (excluding diaryl/α,β-unsaturated/α-hetero) is 1. The number of thioether (sulfide) groups is 1. The first-order valence-corrected chi connectivity index (χ1v) is 5.29. The molecule has 0 unspecified atom stereocenters. The van der Waals surface area contributed by atoms with E-state index in [-0.39, 0.29) is 10.2 Å². The van der Waals surface area contributed by atoms with Crippen LogP contribution in [0.1, 0.15) is 41.5 Å².